The van der Waals surface area contributed by atoms with E-state index in [0.717, 1.165) is 25.4 Å². The smallest absolute Gasteiger partial charge is 0.314 e. The van der Waals surface area contributed by atoms with Gasteiger partial charge in [0.25, 0.3) is 0 Å². The molecule has 0 bridgehead atoms. The quantitative estimate of drug-likeness (QED) is 0.789. The first-order valence-electron chi connectivity index (χ1n) is 5.38. The van der Waals surface area contributed by atoms with E-state index in [4.69, 9.17) is 0 Å². The molecule has 0 atom stereocenters. The molecule has 0 aromatic carbocycles. The lowest BCUT2D eigenvalue weighted by Gasteiger charge is -2.05. The summed E-state index contributed by atoms with van der Waals surface area (Å²) in [6.45, 7) is 1.56. The van der Waals surface area contributed by atoms with Crippen molar-refractivity contribution in [3.8, 4) is 0 Å². The fraction of sp³-hybridized carbons (Fsp3) is 0.545. The van der Waals surface area contributed by atoms with Gasteiger partial charge in [0, 0.05) is 18.0 Å². The summed E-state index contributed by atoms with van der Waals surface area (Å²) in [5, 5.41) is 7.80. The second kappa shape index (κ2) is 5.16. The van der Waals surface area contributed by atoms with Crippen LogP contribution in [0.1, 0.15) is 17.7 Å². The van der Waals surface area contributed by atoms with Crippen LogP contribution in [0.2, 0.25) is 0 Å². The van der Waals surface area contributed by atoms with Gasteiger partial charge in [-0.3, -0.25) is 0 Å². The van der Waals surface area contributed by atoms with Crippen molar-refractivity contribution in [2.24, 2.45) is 5.92 Å². The lowest BCUT2D eigenvalue weighted by atomic mass is 10.3. The Bertz CT molecular complexity index is 306. The Morgan fingerprint density at radius 3 is 3.00 bits per heavy atom. The predicted molar refractivity (Wildman–Crippen MR) is 62.1 cm³/mol. The Kier molecular flexibility index (Phi) is 3.61. The maximum Gasteiger partial charge on any atom is 0.314 e. The van der Waals surface area contributed by atoms with E-state index < -0.39 is 0 Å². The van der Waals surface area contributed by atoms with Crippen LogP contribution in [0, 0.1) is 5.92 Å². The van der Waals surface area contributed by atoms with Crippen molar-refractivity contribution in [2.75, 3.05) is 13.1 Å². The Labute approximate surface area is 93.9 Å². The molecule has 1 fully saturated rings. The molecule has 1 heterocycles. The summed E-state index contributed by atoms with van der Waals surface area (Å²) >= 11 is 1.73. The molecule has 1 saturated carbocycles. The lowest BCUT2D eigenvalue weighted by Crippen LogP contribution is -2.37. The first-order valence-corrected chi connectivity index (χ1v) is 6.26. The molecule has 1 aliphatic rings. The number of thiophene rings is 1. The van der Waals surface area contributed by atoms with Crippen molar-refractivity contribution in [1.29, 1.82) is 0 Å². The zero-order chi connectivity index (χ0) is 10.5. The zero-order valence-corrected chi connectivity index (χ0v) is 9.48. The Morgan fingerprint density at radius 2 is 2.33 bits per heavy atom. The summed E-state index contributed by atoms with van der Waals surface area (Å²) in [6, 6.07) is 4.10. The van der Waals surface area contributed by atoms with Crippen molar-refractivity contribution in [3.63, 3.8) is 0 Å². The average molecular weight is 224 g/mol. The van der Waals surface area contributed by atoms with Gasteiger partial charge in [-0.15, -0.1) is 11.3 Å². The lowest BCUT2D eigenvalue weighted by molar-refractivity contribution is 0.240. The number of hydrogen-bond donors (Lipinski definition) is 2. The molecule has 0 unspecified atom stereocenters. The molecule has 1 aromatic rings. The van der Waals surface area contributed by atoms with Crippen LogP contribution in [0.5, 0.6) is 0 Å². The molecule has 4 heteroatoms. The first-order chi connectivity index (χ1) is 7.34. The SMILES string of the molecule is O=C(NCCc1cccs1)NCC1CC1. The molecule has 2 N–H and O–H groups in total. The number of amides is 2. The van der Waals surface area contributed by atoms with Crippen LogP contribution in [-0.4, -0.2) is 19.1 Å². The molecular weight excluding hydrogens is 208 g/mol. The number of carbonyl (C=O) groups is 1. The topological polar surface area (TPSA) is 41.1 Å². The third-order valence-corrected chi connectivity index (χ3v) is 3.42. The Morgan fingerprint density at radius 1 is 1.47 bits per heavy atom. The highest BCUT2D eigenvalue weighted by Gasteiger charge is 2.21. The van der Waals surface area contributed by atoms with Crippen LogP contribution in [0.3, 0.4) is 0 Å². The van der Waals surface area contributed by atoms with Crippen LogP contribution in [0.25, 0.3) is 0 Å². The number of rotatable bonds is 5. The summed E-state index contributed by atoms with van der Waals surface area (Å²) in [5.74, 6) is 0.744. The largest absolute Gasteiger partial charge is 0.338 e. The van der Waals surface area contributed by atoms with Crippen LogP contribution in [0.4, 0.5) is 4.79 Å². The minimum Gasteiger partial charge on any atom is -0.338 e. The third-order valence-electron chi connectivity index (χ3n) is 2.49. The standard InChI is InChI=1S/C11H16N2OS/c14-11(13-8-9-3-4-9)12-6-5-10-2-1-7-15-10/h1-2,7,9H,3-6,8H2,(H2,12,13,14). The van der Waals surface area contributed by atoms with Gasteiger partial charge >= 0.3 is 6.03 Å². The van der Waals surface area contributed by atoms with Gasteiger partial charge in [0.05, 0.1) is 0 Å². The number of hydrogen-bond acceptors (Lipinski definition) is 2. The summed E-state index contributed by atoms with van der Waals surface area (Å²) in [4.78, 5) is 12.6. The molecule has 2 rings (SSSR count). The van der Waals surface area contributed by atoms with E-state index in [1.807, 2.05) is 6.07 Å². The number of nitrogens with one attached hydrogen (secondary N) is 2. The highest BCUT2D eigenvalue weighted by Crippen LogP contribution is 2.27. The summed E-state index contributed by atoms with van der Waals surface area (Å²) in [7, 11) is 0. The highest BCUT2D eigenvalue weighted by atomic mass is 32.1. The van der Waals surface area contributed by atoms with Gasteiger partial charge in [-0.1, -0.05) is 6.07 Å². The van der Waals surface area contributed by atoms with E-state index in [0.29, 0.717) is 0 Å². The van der Waals surface area contributed by atoms with E-state index in [-0.39, 0.29) is 6.03 Å². The average Bonchev–Trinajstić information content (AvgIpc) is 2.92. The van der Waals surface area contributed by atoms with Crippen molar-refractivity contribution in [1.82, 2.24) is 10.6 Å². The maximum atomic E-state index is 11.3. The molecule has 1 aliphatic carbocycles. The van der Waals surface area contributed by atoms with Gasteiger partial charge in [0.2, 0.25) is 0 Å². The maximum absolute atomic E-state index is 11.3. The summed E-state index contributed by atoms with van der Waals surface area (Å²) in [5.41, 5.74) is 0. The fourth-order valence-electron chi connectivity index (χ4n) is 1.38. The summed E-state index contributed by atoms with van der Waals surface area (Å²) < 4.78 is 0. The second-order valence-corrected chi connectivity index (χ2v) is 4.94. The van der Waals surface area contributed by atoms with Crippen LogP contribution in [0.15, 0.2) is 17.5 Å². The molecule has 1 aromatic heterocycles. The predicted octanol–water partition coefficient (Wildman–Crippen LogP) is 2.00. The van der Waals surface area contributed by atoms with E-state index in [1.165, 1.54) is 17.7 Å². The van der Waals surface area contributed by atoms with Crippen molar-refractivity contribution in [2.45, 2.75) is 19.3 Å². The van der Waals surface area contributed by atoms with E-state index in [2.05, 4.69) is 22.1 Å². The molecule has 0 aliphatic heterocycles. The normalized spacial score (nSPS) is 14.9. The minimum atomic E-state index is -0.0292. The first kappa shape index (κ1) is 10.5. The molecular formula is C11H16N2OS. The molecule has 0 spiro atoms. The third kappa shape index (κ3) is 3.91. The van der Waals surface area contributed by atoms with Crippen molar-refractivity contribution >= 4 is 17.4 Å². The Balaban J connectivity index is 1.54. The molecule has 3 nitrogen and oxygen atoms in total. The number of urea groups is 1. The zero-order valence-electron chi connectivity index (χ0n) is 8.66. The molecule has 15 heavy (non-hydrogen) atoms. The van der Waals surface area contributed by atoms with Crippen molar-refractivity contribution < 1.29 is 4.79 Å². The minimum absolute atomic E-state index is 0.0292. The molecule has 2 amide bonds. The van der Waals surface area contributed by atoms with Crippen LogP contribution >= 0.6 is 11.3 Å². The summed E-state index contributed by atoms with van der Waals surface area (Å²) in [6.07, 6.45) is 3.47. The van der Waals surface area contributed by atoms with E-state index in [1.54, 1.807) is 11.3 Å². The fourth-order valence-corrected chi connectivity index (χ4v) is 2.08. The van der Waals surface area contributed by atoms with Gasteiger partial charge in [-0.2, -0.15) is 0 Å². The van der Waals surface area contributed by atoms with Crippen molar-refractivity contribution in [3.05, 3.63) is 22.4 Å². The molecule has 82 valence electrons. The van der Waals surface area contributed by atoms with Gasteiger partial charge in [-0.25, -0.2) is 4.79 Å². The van der Waals surface area contributed by atoms with Crippen LogP contribution < -0.4 is 10.6 Å². The monoisotopic (exact) mass is 224 g/mol. The van der Waals surface area contributed by atoms with Gasteiger partial charge < -0.3 is 10.6 Å². The van der Waals surface area contributed by atoms with Gasteiger partial charge in [0.1, 0.15) is 0 Å². The van der Waals surface area contributed by atoms with E-state index >= 15 is 0 Å². The van der Waals surface area contributed by atoms with Crippen LogP contribution in [-0.2, 0) is 6.42 Å². The number of carbonyl (C=O) groups excluding carboxylic acids is 1. The van der Waals surface area contributed by atoms with Gasteiger partial charge in [-0.05, 0) is 36.6 Å². The molecule has 0 saturated heterocycles. The van der Waals surface area contributed by atoms with E-state index in [9.17, 15) is 4.79 Å². The highest BCUT2D eigenvalue weighted by molar-refractivity contribution is 7.09. The second-order valence-electron chi connectivity index (χ2n) is 3.91. The molecule has 0 radical (unpaired) electrons. The Hall–Kier alpha value is -1.03. The van der Waals surface area contributed by atoms with Gasteiger partial charge in [0.15, 0.2) is 0 Å².